The monoisotopic (exact) mass is 233 g/mol. The summed E-state index contributed by atoms with van der Waals surface area (Å²) >= 11 is 0. The third-order valence-electron chi connectivity index (χ3n) is 2.63. The molecule has 0 atom stereocenters. The molecule has 0 saturated heterocycles. The van der Waals surface area contributed by atoms with E-state index in [1.807, 2.05) is 0 Å². The summed E-state index contributed by atoms with van der Waals surface area (Å²) in [6.07, 6.45) is 0.462. The third-order valence-corrected chi connectivity index (χ3v) is 2.63. The van der Waals surface area contributed by atoms with Gasteiger partial charge in [0.05, 0.1) is 0 Å². The van der Waals surface area contributed by atoms with Crippen molar-refractivity contribution in [2.75, 3.05) is 5.32 Å². The van der Waals surface area contributed by atoms with E-state index in [0.717, 1.165) is 5.56 Å². The molecule has 2 rings (SSSR count). The molecule has 1 aromatic carbocycles. The Morgan fingerprint density at radius 1 is 1.29 bits per heavy atom. The van der Waals surface area contributed by atoms with Crippen molar-refractivity contribution in [3.05, 3.63) is 29.3 Å². The second kappa shape index (κ2) is 4.37. The average molecular weight is 233 g/mol. The van der Waals surface area contributed by atoms with Gasteiger partial charge in [0.1, 0.15) is 6.42 Å². The van der Waals surface area contributed by atoms with Crippen LogP contribution in [-0.4, -0.2) is 22.8 Å². The predicted octanol–water partition coefficient (Wildman–Crippen LogP) is 1.23. The van der Waals surface area contributed by atoms with Crippen LogP contribution in [-0.2, 0) is 16.0 Å². The van der Waals surface area contributed by atoms with Crippen LogP contribution in [0.5, 0.6) is 0 Å². The van der Waals surface area contributed by atoms with Crippen molar-refractivity contribution in [2.24, 2.45) is 0 Å². The second-order valence-corrected chi connectivity index (χ2v) is 3.91. The number of anilines is 1. The fraction of sp³-hybridized carbons (Fsp3) is 0.250. The summed E-state index contributed by atoms with van der Waals surface area (Å²) in [5, 5.41) is 11.2. The Labute approximate surface area is 97.4 Å². The highest BCUT2D eigenvalue weighted by Crippen LogP contribution is 2.23. The lowest BCUT2D eigenvalue weighted by atomic mass is 9.98. The lowest BCUT2D eigenvalue weighted by Crippen LogP contribution is -2.19. The molecule has 0 bridgehead atoms. The lowest BCUT2D eigenvalue weighted by Gasteiger charge is -2.17. The minimum absolute atomic E-state index is 0.0397. The number of ketones is 1. The van der Waals surface area contributed by atoms with Gasteiger partial charge in [-0.25, -0.2) is 0 Å². The molecule has 0 aromatic heterocycles. The number of Topliss-reactive ketones (excluding diaryl/α,β-unsaturated/α-hetero) is 1. The molecule has 2 N–H and O–H groups in total. The Kier molecular flexibility index (Phi) is 2.91. The number of carboxylic acid groups (broad SMARTS) is 1. The van der Waals surface area contributed by atoms with E-state index in [1.165, 1.54) is 6.07 Å². The van der Waals surface area contributed by atoms with Crippen LogP contribution in [0, 0.1) is 0 Å². The van der Waals surface area contributed by atoms with Crippen LogP contribution in [0.2, 0.25) is 0 Å². The van der Waals surface area contributed by atoms with Crippen molar-refractivity contribution in [1.82, 2.24) is 0 Å². The molecule has 1 aromatic rings. The van der Waals surface area contributed by atoms with E-state index in [2.05, 4.69) is 5.32 Å². The largest absolute Gasteiger partial charge is 0.481 e. The number of aryl methyl sites for hydroxylation is 1. The number of benzene rings is 1. The zero-order valence-corrected chi connectivity index (χ0v) is 9.03. The van der Waals surface area contributed by atoms with E-state index in [4.69, 9.17) is 5.11 Å². The second-order valence-electron chi connectivity index (χ2n) is 3.91. The van der Waals surface area contributed by atoms with Crippen LogP contribution >= 0.6 is 0 Å². The van der Waals surface area contributed by atoms with Gasteiger partial charge in [0, 0.05) is 17.7 Å². The number of rotatable bonds is 3. The molecule has 1 heterocycles. The molecule has 17 heavy (non-hydrogen) atoms. The number of nitrogens with one attached hydrogen (secondary N) is 1. The van der Waals surface area contributed by atoms with Crippen LogP contribution in [0.4, 0.5) is 5.69 Å². The summed E-state index contributed by atoms with van der Waals surface area (Å²) in [6.45, 7) is 0. The highest BCUT2D eigenvalue weighted by atomic mass is 16.4. The van der Waals surface area contributed by atoms with E-state index in [9.17, 15) is 14.4 Å². The molecular weight excluding hydrogens is 222 g/mol. The SMILES string of the molecule is O=C(O)CC(=O)c1ccc2c(c1)CCC(=O)N2. The number of carboxylic acids is 1. The summed E-state index contributed by atoms with van der Waals surface area (Å²) in [5.41, 5.74) is 1.95. The van der Waals surface area contributed by atoms with Crippen molar-refractivity contribution in [3.63, 3.8) is 0 Å². The summed E-state index contributed by atoms with van der Waals surface area (Å²) in [4.78, 5) is 33.1. The van der Waals surface area contributed by atoms with Crippen LogP contribution in [0.3, 0.4) is 0 Å². The molecule has 0 saturated carbocycles. The highest BCUT2D eigenvalue weighted by molar-refractivity contribution is 6.06. The molecule has 1 aliphatic rings. The van der Waals surface area contributed by atoms with E-state index < -0.39 is 18.2 Å². The Morgan fingerprint density at radius 3 is 2.76 bits per heavy atom. The Bertz CT molecular complexity index is 507. The van der Waals surface area contributed by atoms with Crippen LogP contribution in [0.15, 0.2) is 18.2 Å². The normalized spacial score (nSPS) is 13.8. The fourth-order valence-electron chi connectivity index (χ4n) is 1.80. The van der Waals surface area contributed by atoms with Gasteiger partial charge in [-0.2, -0.15) is 0 Å². The van der Waals surface area contributed by atoms with Crippen molar-refractivity contribution < 1.29 is 19.5 Å². The summed E-state index contributed by atoms with van der Waals surface area (Å²) in [6, 6.07) is 4.83. The first-order valence-corrected chi connectivity index (χ1v) is 5.24. The van der Waals surface area contributed by atoms with Gasteiger partial charge in [-0.15, -0.1) is 0 Å². The Hall–Kier alpha value is -2.17. The zero-order valence-electron chi connectivity index (χ0n) is 9.03. The smallest absolute Gasteiger partial charge is 0.311 e. The van der Waals surface area contributed by atoms with E-state index >= 15 is 0 Å². The third kappa shape index (κ3) is 2.50. The highest BCUT2D eigenvalue weighted by Gasteiger charge is 2.17. The van der Waals surface area contributed by atoms with Gasteiger partial charge in [-0.1, -0.05) is 0 Å². The summed E-state index contributed by atoms with van der Waals surface area (Å²) in [5.74, 6) is -1.60. The zero-order chi connectivity index (χ0) is 12.4. The quantitative estimate of drug-likeness (QED) is 0.607. The first kappa shape index (κ1) is 11.3. The Balaban J connectivity index is 2.25. The molecule has 0 spiro atoms. The topological polar surface area (TPSA) is 83.5 Å². The van der Waals surface area contributed by atoms with E-state index in [0.29, 0.717) is 24.1 Å². The first-order chi connectivity index (χ1) is 8.06. The van der Waals surface area contributed by atoms with Crippen LogP contribution in [0.25, 0.3) is 0 Å². The maximum Gasteiger partial charge on any atom is 0.311 e. The van der Waals surface area contributed by atoms with Gasteiger partial charge < -0.3 is 10.4 Å². The van der Waals surface area contributed by atoms with E-state index in [1.54, 1.807) is 12.1 Å². The van der Waals surface area contributed by atoms with Gasteiger partial charge >= 0.3 is 5.97 Å². The number of aliphatic carboxylic acids is 1. The molecule has 1 aliphatic heterocycles. The maximum atomic E-state index is 11.5. The maximum absolute atomic E-state index is 11.5. The standard InChI is InChI=1S/C12H11NO4/c14-10(6-12(16)17)8-1-3-9-7(5-8)2-4-11(15)13-9/h1,3,5H,2,4,6H2,(H,13,15)(H,16,17). The Morgan fingerprint density at radius 2 is 2.06 bits per heavy atom. The fourth-order valence-corrected chi connectivity index (χ4v) is 1.80. The van der Waals surface area contributed by atoms with Gasteiger partial charge in [0.25, 0.3) is 0 Å². The molecule has 0 radical (unpaired) electrons. The van der Waals surface area contributed by atoms with Gasteiger partial charge in [0.15, 0.2) is 5.78 Å². The molecule has 1 amide bonds. The average Bonchev–Trinajstić information content (AvgIpc) is 2.27. The molecular formula is C12H11NO4. The molecule has 0 unspecified atom stereocenters. The van der Waals surface area contributed by atoms with Gasteiger partial charge in [0.2, 0.25) is 5.91 Å². The van der Waals surface area contributed by atoms with Crippen LogP contribution in [0.1, 0.15) is 28.8 Å². The molecule has 0 fully saturated rings. The summed E-state index contributed by atoms with van der Waals surface area (Å²) in [7, 11) is 0. The number of amides is 1. The molecule has 0 aliphatic carbocycles. The molecule has 88 valence electrons. The molecule has 5 nitrogen and oxygen atoms in total. The minimum atomic E-state index is -1.14. The number of hydrogen-bond acceptors (Lipinski definition) is 3. The number of carbonyl (C=O) groups is 3. The van der Waals surface area contributed by atoms with Gasteiger partial charge in [-0.05, 0) is 30.2 Å². The van der Waals surface area contributed by atoms with Crippen molar-refractivity contribution in [3.8, 4) is 0 Å². The van der Waals surface area contributed by atoms with Crippen LogP contribution < -0.4 is 5.32 Å². The van der Waals surface area contributed by atoms with Crippen molar-refractivity contribution >= 4 is 23.3 Å². The van der Waals surface area contributed by atoms with E-state index in [-0.39, 0.29) is 5.91 Å². The van der Waals surface area contributed by atoms with Crippen molar-refractivity contribution in [2.45, 2.75) is 19.3 Å². The lowest BCUT2D eigenvalue weighted by molar-refractivity contribution is -0.135. The first-order valence-electron chi connectivity index (χ1n) is 5.24. The molecule has 5 heteroatoms. The minimum Gasteiger partial charge on any atom is -0.481 e. The van der Waals surface area contributed by atoms with Gasteiger partial charge in [-0.3, -0.25) is 14.4 Å². The van der Waals surface area contributed by atoms with Crippen molar-refractivity contribution in [1.29, 1.82) is 0 Å². The number of hydrogen-bond donors (Lipinski definition) is 2. The number of fused-ring (bicyclic) bond motifs is 1. The predicted molar refractivity (Wildman–Crippen MR) is 60.0 cm³/mol. The number of carbonyl (C=O) groups excluding carboxylic acids is 2. The summed E-state index contributed by atoms with van der Waals surface area (Å²) < 4.78 is 0.